The number of rotatable bonds is 13. The molecule has 9 heteroatoms. The molecule has 0 bridgehead atoms. The summed E-state index contributed by atoms with van der Waals surface area (Å²) in [5.74, 6) is -0.324. The van der Waals surface area contributed by atoms with E-state index >= 15 is 0 Å². The molecule has 7 nitrogen and oxygen atoms in total. The average molecular weight is 480 g/mol. The van der Waals surface area contributed by atoms with Crippen molar-refractivity contribution in [3.63, 3.8) is 0 Å². The first-order valence-electron chi connectivity index (χ1n) is 10.2. The average Bonchev–Trinajstić information content (AvgIpc) is 2.79. The first kappa shape index (κ1) is 25.9. The van der Waals surface area contributed by atoms with Crippen LogP contribution in [-0.2, 0) is 14.8 Å². The normalized spacial score (nSPS) is 11.4. The summed E-state index contributed by atoms with van der Waals surface area (Å²) in [4.78, 5) is 14.7. The number of hydrogen-bond acceptors (Lipinski definition) is 5. The molecule has 2 rings (SSSR count). The molecule has 2 aromatic rings. The molecule has 32 heavy (non-hydrogen) atoms. The van der Waals surface area contributed by atoms with E-state index in [-0.39, 0.29) is 22.9 Å². The monoisotopic (exact) mass is 479 g/mol. The van der Waals surface area contributed by atoms with Gasteiger partial charge in [0.25, 0.3) is 15.9 Å². The van der Waals surface area contributed by atoms with Crippen LogP contribution in [0.15, 0.2) is 66.1 Å². The van der Waals surface area contributed by atoms with Crippen LogP contribution in [0.4, 0.5) is 5.69 Å². The quantitative estimate of drug-likeness (QED) is 0.352. The third kappa shape index (κ3) is 7.06. The molecule has 0 atom stereocenters. The van der Waals surface area contributed by atoms with Crippen LogP contribution < -0.4 is 9.62 Å². The molecule has 0 saturated heterocycles. The van der Waals surface area contributed by atoms with Crippen molar-refractivity contribution < 1.29 is 17.9 Å². The number of nitrogens with one attached hydrogen (secondary N) is 1. The molecule has 2 aromatic carbocycles. The van der Waals surface area contributed by atoms with Crippen LogP contribution in [-0.4, -0.2) is 66.2 Å². The van der Waals surface area contributed by atoms with Gasteiger partial charge in [-0.25, -0.2) is 8.42 Å². The Kier molecular flexibility index (Phi) is 10.2. The van der Waals surface area contributed by atoms with Crippen molar-refractivity contribution in [1.82, 2.24) is 10.2 Å². The van der Waals surface area contributed by atoms with Gasteiger partial charge >= 0.3 is 0 Å². The lowest BCUT2D eigenvalue weighted by Gasteiger charge is -2.24. The van der Waals surface area contributed by atoms with Gasteiger partial charge in [-0.05, 0) is 50.3 Å². The highest BCUT2D eigenvalue weighted by Gasteiger charge is 2.26. The maximum absolute atomic E-state index is 13.3. The Balaban J connectivity index is 2.12. The van der Waals surface area contributed by atoms with Crippen molar-refractivity contribution in [2.75, 3.05) is 51.2 Å². The van der Waals surface area contributed by atoms with E-state index in [0.29, 0.717) is 23.9 Å². The Morgan fingerprint density at radius 2 is 1.94 bits per heavy atom. The molecule has 0 radical (unpaired) electrons. The number of halogens is 1. The number of sulfonamides is 1. The predicted molar refractivity (Wildman–Crippen MR) is 129 cm³/mol. The van der Waals surface area contributed by atoms with Crippen LogP contribution >= 0.6 is 11.6 Å². The van der Waals surface area contributed by atoms with Crippen molar-refractivity contribution >= 4 is 33.2 Å². The molecule has 0 aliphatic rings. The highest BCUT2D eigenvalue weighted by atomic mass is 35.5. The lowest BCUT2D eigenvalue weighted by atomic mass is 10.2. The molecule has 1 amide bonds. The second-order valence-corrected chi connectivity index (χ2v) is 9.48. The fourth-order valence-corrected chi connectivity index (χ4v) is 4.82. The fraction of sp³-hybridized carbons (Fsp3) is 0.348. The van der Waals surface area contributed by atoms with Crippen molar-refractivity contribution in [2.24, 2.45) is 0 Å². The van der Waals surface area contributed by atoms with Gasteiger partial charge in [0.05, 0.1) is 28.8 Å². The second-order valence-electron chi connectivity index (χ2n) is 7.21. The number of anilines is 1. The van der Waals surface area contributed by atoms with E-state index in [4.69, 9.17) is 16.3 Å². The maximum atomic E-state index is 13.3. The summed E-state index contributed by atoms with van der Waals surface area (Å²) in [6.07, 6.45) is 2.25. The number of carbonyl (C=O) groups excluding carboxylic acids is 1. The van der Waals surface area contributed by atoms with Gasteiger partial charge in [-0.2, -0.15) is 0 Å². The summed E-state index contributed by atoms with van der Waals surface area (Å²) in [5.41, 5.74) is 0.623. The van der Waals surface area contributed by atoms with Gasteiger partial charge in [0, 0.05) is 25.8 Å². The topological polar surface area (TPSA) is 79.0 Å². The number of amides is 1. The number of nitrogens with zero attached hydrogens (tertiary/aromatic N) is 2. The molecule has 0 saturated carbocycles. The van der Waals surface area contributed by atoms with Crippen LogP contribution in [0.3, 0.4) is 0 Å². The second kappa shape index (κ2) is 12.6. The molecule has 1 N–H and O–H groups in total. The van der Waals surface area contributed by atoms with Gasteiger partial charge < -0.3 is 15.0 Å². The number of ether oxygens (including phenoxy) is 1. The Bertz CT molecular complexity index is 1010. The number of methoxy groups -OCH3 is 1. The van der Waals surface area contributed by atoms with Crippen molar-refractivity contribution in [1.29, 1.82) is 0 Å². The minimum absolute atomic E-state index is 0.00576. The van der Waals surface area contributed by atoms with Gasteiger partial charge in [-0.1, -0.05) is 35.9 Å². The molecule has 0 fully saturated rings. The smallest absolute Gasteiger partial charge is 0.264 e. The van der Waals surface area contributed by atoms with E-state index in [1.54, 1.807) is 43.5 Å². The zero-order valence-corrected chi connectivity index (χ0v) is 20.0. The van der Waals surface area contributed by atoms with E-state index < -0.39 is 10.0 Å². The van der Waals surface area contributed by atoms with E-state index in [9.17, 15) is 13.2 Å². The number of carbonyl (C=O) groups is 1. The summed E-state index contributed by atoms with van der Waals surface area (Å²) < 4.78 is 32.9. The summed E-state index contributed by atoms with van der Waals surface area (Å²) in [6.45, 7) is 6.46. The molecule has 0 aliphatic carbocycles. The summed E-state index contributed by atoms with van der Waals surface area (Å²) in [6, 6.07) is 12.7. The molecule has 0 heterocycles. The van der Waals surface area contributed by atoms with Crippen LogP contribution in [0.25, 0.3) is 0 Å². The maximum Gasteiger partial charge on any atom is 0.264 e. The van der Waals surface area contributed by atoms with Crippen molar-refractivity contribution in [3.05, 3.63) is 71.8 Å². The van der Waals surface area contributed by atoms with Gasteiger partial charge in [-0.3, -0.25) is 9.10 Å². The van der Waals surface area contributed by atoms with Gasteiger partial charge in [0.15, 0.2) is 0 Å². The third-order valence-electron chi connectivity index (χ3n) is 4.78. The summed E-state index contributed by atoms with van der Waals surface area (Å²) in [5, 5.41) is 3.15. The van der Waals surface area contributed by atoms with E-state index in [0.717, 1.165) is 19.5 Å². The Morgan fingerprint density at radius 1 is 1.19 bits per heavy atom. The van der Waals surface area contributed by atoms with E-state index in [1.807, 2.05) is 7.05 Å². The summed E-state index contributed by atoms with van der Waals surface area (Å²) >= 11 is 6.24. The van der Waals surface area contributed by atoms with Gasteiger partial charge in [0.2, 0.25) is 0 Å². The molecule has 0 spiro atoms. The number of hydrogen-bond donors (Lipinski definition) is 1. The minimum Gasteiger partial charge on any atom is -0.383 e. The standard InChI is InChI=1S/C23H30ClN3O4S/c1-4-14-27(22-12-6-5-11-21(22)24)32(29,30)20-10-7-9-19(18-20)23(28)25-13-8-15-26(2)16-17-31-3/h4-7,9-12,18H,1,8,13-17H2,2-3H3,(H,25,28). The van der Waals surface area contributed by atoms with Gasteiger partial charge in [-0.15, -0.1) is 6.58 Å². The first-order chi connectivity index (χ1) is 15.3. The molecule has 174 valence electrons. The molecule has 0 aliphatic heterocycles. The minimum atomic E-state index is -3.96. The summed E-state index contributed by atoms with van der Waals surface area (Å²) in [7, 11) is -0.312. The number of benzene rings is 2. The van der Waals surface area contributed by atoms with Crippen LogP contribution in [0.5, 0.6) is 0 Å². The fourth-order valence-electron chi connectivity index (χ4n) is 3.03. The first-order valence-corrected chi connectivity index (χ1v) is 12.1. The zero-order chi connectivity index (χ0) is 23.6. The van der Waals surface area contributed by atoms with Crippen molar-refractivity contribution in [2.45, 2.75) is 11.3 Å². The highest BCUT2D eigenvalue weighted by molar-refractivity contribution is 7.92. The third-order valence-corrected chi connectivity index (χ3v) is 6.87. The Labute approximate surface area is 195 Å². The lowest BCUT2D eigenvalue weighted by Crippen LogP contribution is -2.32. The molecule has 0 aromatic heterocycles. The lowest BCUT2D eigenvalue weighted by molar-refractivity contribution is 0.0951. The predicted octanol–water partition coefficient (Wildman–Crippen LogP) is 3.42. The van der Waals surface area contributed by atoms with E-state index in [1.165, 1.54) is 22.5 Å². The van der Waals surface area contributed by atoms with E-state index in [2.05, 4.69) is 16.8 Å². The van der Waals surface area contributed by atoms with Crippen LogP contribution in [0.1, 0.15) is 16.8 Å². The van der Waals surface area contributed by atoms with Gasteiger partial charge in [0.1, 0.15) is 0 Å². The SMILES string of the molecule is C=CCN(c1ccccc1Cl)S(=O)(=O)c1cccc(C(=O)NCCCN(C)CCOC)c1. The Hall–Kier alpha value is -2.39. The largest absolute Gasteiger partial charge is 0.383 e. The number of likely N-dealkylation sites (N-methyl/N-ethyl adjacent to an activating group) is 1. The Morgan fingerprint density at radius 3 is 2.62 bits per heavy atom. The zero-order valence-electron chi connectivity index (χ0n) is 18.5. The molecular weight excluding hydrogens is 450 g/mol. The molecular formula is C23H30ClN3O4S. The van der Waals surface area contributed by atoms with Crippen LogP contribution in [0.2, 0.25) is 5.02 Å². The highest BCUT2D eigenvalue weighted by Crippen LogP contribution is 2.30. The number of para-hydroxylation sites is 1. The van der Waals surface area contributed by atoms with Crippen LogP contribution in [0, 0.1) is 0 Å². The molecule has 0 unspecified atom stereocenters. The van der Waals surface area contributed by atoms with Crippen molar-refractivity contribution in [3.8, 4) is 0 Å².